The Morgan fingerprint density at radius 3 is 2.59 bits per heavy atom. The number of carbonyl (C=O) groups excluding carboxylic acids is 1. The fourth-order valence-corrected chi connectivity index (χ4v) is 1.83. The second-order valence-corrected chi connectivity index (χ2v) is 3.67. The van der Waals surface area contributed by atoms with Crippen LogP contribution in [0.3, 0.4) is 0 Å². The lowest BCUT2D eigenvalue weighted by Gasteiger charge is -1.98. The Kier molecular flexibility index (Phi) is 2.19. The number of aldehydes is 1. The van der Waals surface area contributed by atoms with E-state index in [1.807, 2.05) is 42.5 Å². The van der Waals surface area contributed by atoms with Crippen molar-refractivity contribution in [2.24, 2.45) is 0 Å². The van der Waals surface area contributed by atoms with Gasteiger partial charge in [0, 0.05) is 5.56 Å². The fraction of sp³-hybridized carbons (Fsp3) is 0. The van der Waals surface area contributed by atoms with Gasteiger partial charge in [-0.3, -0.25) is 4.79 Å². The standard InChI is InChI=1S/C13H9N3O/c17-9-11-7-4-8-12-13(14-15-16(11)12)10-5-2-1-3-6-10/h1-9H. The largest absolute Gasteiger partial charge is 0.296 e. The van der Waals surface area contributed by atoms with Gasteiger partial charge in [0.1, 0.15) is 11.4 Å². The van der Waals surface area contributed by atoms with E-state index >= 15 is 0 Å². The molecule has 2 aromatic heterocycles. The van der Waals surface area contributed by atoms with E-state index in [1.54, 1.807) is 10.6 Å². The summed E-state index contributed by atoms with van der Waals surface area (Å²) in [6, 6.07) is 15.2. The van der Waals surface area contributed by atoms with Crippen molar-refractivity contribution in [2.45, 2.75) is 0 Å². The molecule has 2 heterocycles. The summed E-state index contributed by atoms with van der Waals surface area (Å²) in [4.78, 5) is 10.9. The molecule has 0 spiro atoms. The summed E-state index contributed by atoms with van der Waals surface area (Å²) in [5, 5.41) is 8.13. The number of hydrogen-bond acceptors (Lipinski definition) is 3. The molecule has 0 aliphatic heterocycles. The van der Waals surface area contributed by atoms with Gasteiger partial charge in [0.05, 0.1) is 5.52 Å². The predicted molar refractivity (Wildman–Crippen MR) is 63.8 cm³/mol. The van der Waals surface area contributed by atoms with E-state index in [0.29, 0.717) is 5.69 Å². The number of pyridine rings is 1. The number of benzene rings is 1. The molecule has 1 aromatic carbocycles. The number of aromatic nitrogens is 3. The van der Waals surface area contributed by atoms with Crippen LogP contribution in [0.4, 0.5) is 0 Å². The van der Waals surface area contributed by atoms with Gasteiger partial charge in [-0.1, -0.05) is 41.6 Å². The molecular formula is C13H9N3O. The van der Waals surface area contributed by atoms with Gasteiger partial charge in [-0.15, -0.1) is 5.10 Å². The lowest BCUT2D eigenvalue weighted by atomic mass is 10.1. The van der Waals surface area contributed by atoms with Crippen molar-refractivity contribution in [3.8, 4) is 11.3 Å². The van der Waals surface area contributed by atoms with Crippen LogP contribution in [0.15, 0.2) is 48.5 Å². The first-order valence-electron chi connectivity index (χ1n) is 5.25. The highest BCUT2D eigenvalue weighted by Gasteiger charge is 2.09. The second-order valence-electron chi connectivity index (χ2n) is 3.67. The molecule has 0 radical (unpaired) electrons. The van der Waals surface area contributed by atoms with Gasteiger partial charge < -0.3 is 0 Å². The molecule has 3 rings (SSSR count). The Morgan fingerprint density at radius 2 is 1.82 bits per heavy atom. The summed E-state index contributed by atoms with van der Waals surface area (Å²) in [6.45, 7) is 0. The Labute approximate surface area is 97.5 Å². The number of fused-ring (bicyclic) bond motifs is 1. The average Bonchev–Trinajstić information content (AvgIpc) is 2.83. The monoisotopic (exact) mass is 223 g/mol. The van der Waals surface area contributed by atoms with Crippen LogP contribution in [0.5, 0.6) is 0 Å². The van der Waals surface area contributed by atoms with Crippen LogP contribution in [0.25, 0.3) is 16.8 Å². The first-order valence-corrected chi connectivity index (χ1v) is 5.25. The maximum absolute atomic E-state index is 10.9. The lowest BCUT2D eigenvalue weighted by Crippen LogP contribution is -1.95. The van der Waals surface area contributed by atoms with Crippen LogP contribution in [-0.2, 0) is 0 Å². The maximum atomic E-state index is 10.9. The van der Waals surface area contributed by atoms with E-state index in [4.69, 9.17) is 0 Å². The third kappa shape index (κ3) is 1.50. The maximum Gasteiger partial charge on any atom is 0.168 e. The summed E-state index contributed by atoms with van der Waals surface area (Å²) in [5.41, 5.74) is 3.11. The van der Waals surface area contributed by atoms with E-state index in [0.717, 1.165) is 23.1 Å². The molecule has 0 saturated heterocycles. The minimum Gasteiger partial charge on any atom is -0.296 e. The zero-order valence-corrected chi connectivity index (χ0v) is 8.95. The highest BCUT2D eigenvalue weighted by atomic mass is 16.1. The van der Waals surface area contributed by atoms with E-state index in [9.17, 15) is 4.79 Å². The average molecular weight is 223 g/mol. The van der Waals surface area contributed by atoms with Crippen molar-refractivity contribution in [2.75, 3.05) is 0 Å². The smallest absolute Gasteiger partial charge is 0.168 e. The van der Waals surface area contributed by atoms with Crippen LogP contribution in [0, 0.1) is 0 Å². The molecule has 0 atom stereocenters. The molecule has 0 aliphatic carbocycles. The van der Waals surface area contributed by atoms with E-state index in [-0.39, 0.29) is 0 Å². The van der Waals surface area contributed by atoms with E-state index in [1.165, 1.54) is 0 Å². The Balaban J connectivity index is 2.30. The van der Waals surface area contributed by atoms with E-state index in [2.05, 4.69) is 10.3 Å². The molecule has 3 aromatic rings. The van der Waals surface area contributed by atoms with Crippen molar-refractivity contribution >= 4 is 11.8 Å². The summed E-state index contributed by atoms with van der Waals surface area (Å²) in [7, 11) is 0. The molecule has 4 nitrogen and oxygen atoms in total. The van der Waals surface area contributed by atoms with Crippen LogP contribution in [0.2, 0.25) is 0 Å². The number of rotatable bonds is 2. The van der Waals surface area contributed by atoms with Crippen molar-refractivity contribution < 1.29 is 4.79 Å². The second kappa shape index (κ2) is 3.83. The summed E-state index contributed by atoms with van der Waals surface area (Å²) in [5.74, 6) is 0. The number of nitrogens with zero attached hydrogens (tertiary/aromatic N) is 3. The van der Waals surface area contributed by atoms with Gasteiger partial charge in [-0.05, 0) is 12.1 Å². The number of carbonyl (C=O) groups is 1. The molecule has 4 heteroatoms. The summed E-state index contributed by atoms with van der Waals surface area (Å²) in [6.07, 6.45) is 0.774. The molecular weight excluding hydrogens is 214 g/mol. The van der Waals surface area contributed by atoms with Crippen LogP contribution >= 0.6 is 0 Å². The normalized spacial score (nSPS) is 10.6. The molecule has 0 amide bonds. The SMILES string of the molecule is O=Cc1cccc2c(-c3ccccc3)nnn12. The van der Waals surface area contributed by atoms with Crippen molar-refractivity contribution in [3.05, 3.63) is 54.2 Å². The minimum atomic E-state index is 0.497. The van der Waals surface area contributed by atoms with Crippen molar-refractivity contribution in [1.29, 1.82) is 0 Å². The molecule has 0 fully saturated rings. The third-order valence-electron chi connectivity index (χ3n) is 2.64. The Hall–Kier alpha value is -2.49. The van der Waals surface area contributed by atoms with Crippen molar-refractivity contribution in [1.82, 2.24) is 14.8 Å². The zero-order valence-electron chi connectivity index (χ0n) is 8.95. The quantitative estimate of drug-likeness (QED) is 0.626. The van der Waals surface area contributed by atoms with Crippen LogP contribution < -0.4 is 0 Å². The Bertz CT molecular complexity index is 673. The third-order valence-corrected chi connectivity index (χ3v) is 2.64. The molecule has 0 bridgehead atoms. The van der Waals surface area contributed by atoms with Gasteiger partial charge >= 0.3 is 0 Å². The van der Waals surface area contributed by atoms with Gasteiger partial charge in [0.2, 0.25) is 0 Å². The highest BCUT2D eigenvalue weighted by molar-refractivity contribution is 5.80. The minimum absolute atomic E-state index is 0.497. The first-order chi connectivity index (χ1) is 8.40. The molecule has 0 saturated carbocycles. The fourth-order valence-electron chi connectivity index (χ4n) is 1.83. The van der Waals surface area contributed by atoms with Gasteiger partial charge in [-0.25, -0.2) is 4.52 Å². The summed E-state index contributed by atoms with van der Waals surface area (Å²) >= 11 is 0. The lowest BCUT2D eigenvalue weighted by molar-refractivity contribution is 0.111. The highest BCUT2D eigenvalue weighted by Crippen LogP contribution is 2.21. The van der Waals surface area contributed by atoms with Gasteiger partial charge in [-0.2, -0.15) is 0 Å². The number of hydrogen-bond donors (Lipinski definition) is 0. The van der Waals surface area contributed by atoms with Gasteiger partial charge in [0.25, 0.3) is 0 Å². The van der Waals surface area contributed by atoms with Crippen molar-refractivity contribution in [3.63, 3.8) is 0 Å². The predicted octanol–water partition coefficient (Wildman–Crippen LogP) is 2.21. The molecule has 0 unspecified atom stereocenters. The van der Waals surface area contributed by atoms with E-state index < -0.39 is 0 Å². The zero-order chi connectivity index (χ0) is 11.7. The Morgan fingerprint density at radius 1 is 1.00 bits per heavy atom. The molecule has 0 N–H and O–H groups in total. The molecule has 82 valence electrons. The van der Waals surface area contributed by atoms with Gasteiger partial charge in [0.15, 0.2) is 6.29 Å². The summed E-state index contributed by atoms with van der Waals surface area (Å²) < 4.78 is 1.55. The topological polar surface area (TPSA) is 47.3 Å². The molecule has 17 heavy (non-hydrogen) atoms. The van der Waals surface area contributed by atoms with Crippen LogP contribution in [0.1, 0.15) is 10.5 Å². The first kappa shape index (κ1) is 9.72. The van der Waals surface area contributed by atoms with Crippen LogP contribution in [-0.4, -0.2) is 21.1 Å². The molecule has 0 aliphatic rings.